The summed E-state index contributed by atoms with van der Waals surface area (Å²) in [5, 5.41) is 13.7. The molecular weight excluding hydrogens is 298 g/mol. The van der Waals surface area contributed by atoms with Gasteiger partial charge >= 0.3 is 0 Å². The highest BCUT2D eigenvalue weighted by atomic mass is 35.5. The van der Waals surface area contributed by atoms with Crippen molar-refractivity contribution in [3.05, 3.63) is 64.2 Å². The second-order valence-corrected chi connectivity index (χ2v) is 5.91. The minimum atomic E-state index is 0.147. The molecule has 2 N–H and O–H groups in total. The highest BCUT2D eigenvalue weighted by Crippen LogP contribution is 2.29. The highest BCUT2D eigenvalue weighted by molar-refractivity contribution is 6.30. The van der Waals surface area contributed by atoms with E-state index in [1.807, 2.05) is 30.3 Å². The third-order valence-corrected chi connectivity index (χ3v) is 3.99. The van der Waals surface area contributed by atoms with Crippen molar-refractivity contribution in [2.45, 2.75) is 13.0 Å². The van der Waals surface area contributed by atoms with Crippen LogP contribution in [-0.4, -0.2) is 18.3 Å². The molecule has 0 aromatic heterocycles. The number of phenolic OH excluding ortho intramolecular Hbond substituents is 1. The zero-order chi connectivity index (χ0) is 15.5. The standard InChI is InChI=1S/C18H18ClNO2/c1-12(14-3-2-4-17(21)9-14)20-10-13-7-15-8-16(19)5-6-18(15)22-11-13/h2-9,12,20-21H,10-11H2,1H3/t12-/m1/s1. The number of rotatable bonds is 4. The van der Waals surface area contributed by atoms with Gasteiger partial charge in [0, 0.05) is 23.2 Å². The van der Waals surface area contributed by atoms with E-state index in [0.29, 0.717) is 11.6 Å². The normalized spacial score (nSPS) is 14.7. The Morgan fingerprint density at radius 2 is 2.14 bits per heavy atom. The smallest absolute Gasteiger partial charge is 0.127 e. The fourth-order valence-corrected chi connectivity index (χ4v) is 2.67. The largest absolute Gasteiger partial charge is 0.508 e. The maximum atomic E-state index is 9.54. The number of nitrogens with one attached hydrogen (secondary N) is 1. The lowest BCUT2D eigenvalue weighted by Gasteiger charge is -2.21. The van der Waals surface area contributed by atoms with Crippen LogP contribution in [-0.2, 0) is 0 Å². The van der Waals surface area contributed by atoms with Crippen molar-refractivity contribution in [1.29, 1.82) is 0 Å². The van der Waals surface area contributed by atoms with Gasteiger partial charge in [0.2, 0.25) is 0 Å². The minimum Gasteiger partial charge on any atom is -0.508 e. The zero-order valence-electron chi connectivity index (χ0n) is 12.3. The van der Waals surface area contributed by atoms with Crippen LogP contribution in [0.5, 0.6) is 11.5 Å². The van der Waals surface area contributed by atoms with Gasteiger partial charge in [-0.25, -0.2) is 0 Å². The van der Waals surface area contributed by atoms with Gasteiger partial charge < -0.3 is 15.2 Å². The van der Waals surface area contributed by atoms with Gasteiger partial charge in [0.1, 0.15) is 18.1 Å². The van der Waals surface area contributed by atoms with Crippen LogP contribution in [0.2, 0.25) is 5.02 Å². The van der Waals surface area contributed by atoms with Gasteiger partial charge in [0.25, 0.3) is 0 Å². The molecule has 0 spiro atoms. The van der Waals surface area contributed by atoms with Crippen molar-refractivity contribution in [3.63, 3.8) is 0 Å². The van der Waals surface area contributed by atoms with Gasteiger partial charge in [-0.05, 0) is 54.5 Å². The van der Waals surface area contributed by atoms with Gasteiger partial charge in [-0.1, -0.05) is 23.7 Å². The number of ether oxygens (including phenoxy) is 1. The van der Waals surface area contributed by atoms with E-state index in [2.05, 4.69) is 18.3 Å². The molecule has 1 heterocycles. The maximum Gasteiger partial charge on any atom is 0.127 e. The second kappa shape index (κ2) is 6.42. The zero-order valence-corrected chi connectivity index (χ0v) is 13.1. The lowest BCUT2D eigenvalue weighted by Crippen LogP contribution is -2.24. The van der Waals surface area contributed by atoms with Crippen molar-refractivity contribution >= 4 is 17.7 Å². The second-order valence-electron chi connectivity index (χ2n) is 5.47. The molecule has 0 saturated carbocycles. The molecule has 3 rings (SSSR count). The van der Waals surface area contributed by atoms with Gasteiger partial charge in [-0.2, -0.15) is 0 Å². The van der Waals surface area contributed by atoms with E-state index in [4.69, 9.17) is 16.3 Å². The molecule has 0 fully saturated rings. The van der Waals surface area contributed by atoms with E-state index in [0.717, 1.165) is 23.4 Å². The molecule has 1 aliphatic heterocycles. The summed E-state index contributed by atoms with van der Waals surface area (Å²) in [5.74, 6) is 1.16. The van der Waals surface area contributed by atoms with Crippen molar-refractivity contribution in [3.8, 4) is 11.5 Å². The quantitative estimate of drug-likeness (QED) is 0.889. The molecule has 0 saturated heterocycles. The van der Waals surface area contributed by atoms with Crippen LogP contribution in [0.25, 0.3) is 6.08 Å². The average molecular weight is 316 g/mol. The van der Waals surface area contributed by atoms with E-state index in [1.165, 1.54) is 5.57 Å². The Balaban J connectivity index is 1.67. The first-order valence-corrected chi connectivity index (χ1v) is 7.64. The molecule has 0 amide bonds. The van der Waals surface area contributed by atoms with E-state index < -0.39 is 0 Å². The molecule has 0 radical (unpaired) electrons. The minimum absolute atomic E-state index is 0.147. The number of hydrogen-bond acceptors (Lipinski definition) is 3. The summed E-state index contributed by atoms with van der Waals surface area (Å²) >= 11 is 6.02. The molecule has 0 bridgehead atoms. The fraction of sp³-hybridized carbons (Fsp3) is 0.222. The SMILES string of the molecule is C[C@@H](NCC1=Cc2cc(Cl)ccc2OC1)c1cccc(O)c1. The Hall–Kier alpha value is -1.97. The summed E-state index contributed by atoms with van der Waals surface area (Å²) in [6.45, 7) is 3.38. The average Bonchev–Trinajstić information content (AvgIpc) is 2.52. The number of phenols is 1. The number of benzene rings is 2. The summed E-state index contributed by atoms with van der Waals surface area (Å²) in [6.07, 6.45) is 2.12. The molecule has 3 nitrogen and oxygen atoms in total. The van der Waals surface area contributed by atoms with Crippen LogP contribution in [0.3, 0.4) is 0 Å². The fourth-order valence-electron chi connectivity index (χ4n) is 2.49. The molecule has 1 aliphatic rings. The lowest BCUT2D eigenvalue weighted by atomic mass is 10.1. The highest BCUT2D eigenvalue weighted by Gasteiger charge is 2.13. The summed E-state index contributed by atoms with van der Waals surface area (Å²) in [6, 6.07) is 13.1. The van der Waals surface area contributed by atoms with Crippen LogP contribution in [0.4, 0.5) is 0 Å². The van der Waals surface area contributed by atoms with Crippen molar-refractivity contribution in [1.82, 2.24) is 5.32 Å². The van der Waals surface area contributed by atoms with E-state index in [-0.39, 0.29) is 11.8 Å². The van der Waals surface area contributed by atoms with Gasteiger partial charge in [-0.15, -0.1) is 0 Å². The summed E-state index contributed by atoms with van der Waals surface area (Å²) < 4.78 is 5.74. The monoisotopic (exact) mass is 315 g/mol. The molecule has 114 valence electrons. The summed E-state index contributed by atoms with van der Waals surface area (Å²) in [5.41, 5.74) is 3.24. The molecule has 1 atom stereocenters. The Morgan fingerprint density at radius 1 is 1.27 bits per heavy atom. The number of hydrogen-bond donors (Lipinski definition) is 2. The molecule has 0 aliphatic carbocycles. The van der Waals surface area contributed by atoms with Gasteiger partial charge in [0.05, 0.1) is 0 Å². The van der Waals surface area contributed by atoms with Crippen LogP contribution in [0.15, 0.2) is 48.0 Å². The maximum absolute atomic E-state index is 9.54. The van der Waals surface area contributed by atoms with Crippen LogP contribution >= 0.6 is 11.6 Å². The number of halogens is 1. The van der Waals surface area contributed by atoms with Crippen LogP contribution in [0.1, 0.15) is 24.1 Å². The number of aromatic hydroxyl groups is 1. The lowest BCUT2D eigenvalue weighted by molar-refractivity contribution is 0.341. The van der Waals surface area contributed by atoms with E-state index >= 15 is 0 Å². The Labute approximate surface area is 135 Å². The third kappa shape index (κ3) is 3.43. The molecule has 2 aromatic rings. The third-order valence-electron chi connectivity index (χ3n) is 3.75. The van der Waals surface area contributed by atoms with Crippen molar-refractivity contribution in [2.24, 2.45) is 0 Å². The molecular formula is C18H18ClNO2. The van der Waals surface area contributed by atoms with E-state index in [9.17, 15) is 5.11 Å². The Kier molecular flexibility index (Phi) is 4.36. The first kappa shape index (κ1) is 14.9. The predicted molar refractivity (Wildman–Crippen MR) is 89.4 cm³/mol. The van der Waals surface area contributed by atoms with Crippen LogP contribution < -0.4 is 10.1 Å². The van der Waals surface area contributed by atoms with Crippen molar-refractivity contribution in [2.75, 3.05) is 13.2 Å². The summed E-state index contributed by atoms with van der Waals surface area (Å²) in [4.78, 5) is 0. The summed E-state index contributed by atoms with van der Waals surface area (Å²) in [7, 11) is 0. The molecule has 2 aromatic carbocycles. The predicted octanol–water partition coefficient (Wildman–Crippen LogP) is 4.17. The van der Waals surface area contributed by atoms with Gasteiger partial charge in [-0.3, -0.25) is 0 Å². The topological polar surface area (TPSA) is 41.5 Å². The van der Waals surface area contributed by atoms with Crippen molar-refractivity contribution < 1.29 is 9.84 Å². The Morgan fingerprint density at radius 3 is 2.95 bits per heavy atom. The van der Waals surface area contributed by atoms with Crippen LogP contribution in [0, 0.1) is 0 Å². The van der Waals surface area contributed by atoms with E-state index in [1.54, 1.807) is 12.1 Å². The first-order chi connectivity index (χ1) is 10.6. The number of fused-ring (bicyclic) bond motifs is 1. The van der Waals surface area contributed by atoms with Gasteiger partial charge in [0.15, 0.2) is 0 Å². The molecule has 22 heavy (non-hydrogen) atoms. The Bertz CT molecular complexity index is 712. The first-order valence-electron chi connectivity index (χ1n) is 7.26. The molecule has 4 heteroatoms. The molecule has 0 unspecified atom stereocenters.